The van der Waals surface area contributed by atoms with Crippen molar-refractivity contribution >= 4 is 29.2 Å². The van der Waals surface area contributed by atoms with Crippen LogP contribution in [0.2, 0.25) is 0 Å². The number of hydrogen-bond acceptors (Lipinski definition) is 2. The molecule has 0 aliphatic heterocycles. The zero-order valence-corrected chi connectivity index (χ0v) is 18.8. The molecule has 1 aromatic rings. The number of rotatable bonds is 12. The van der Waals surface area contributed by atoms with Crippen LogP contribution in [0.25, 0.3) is 0 Å². The molecule has 0 radical (unpaired) electrons. The average Bonchev–Trinajstić information content (AvgIpc) is 2.97. The van der Waals surface area contributed by atoms with Crippen LogP contribution in [0.4, 0.5) is 0 Å². The third-order valence-electron chi connectivity index (χ3n) is 5.89. The van der Waals surface area contributed by atoms with E-state index in [4.69, 9.17) is 28.3 Å². The molecule has 1 fully saturated rings. The Morgan fingerprint density at radius 2 is 1.86 bits per heavy atom. The topological polar surface area (TPSA) is 57.5 Å². The van der Waals surface area contributed by atoms with Crippen molar-refractivity contribution in [3.8, 4) is 0 Å². The van der Waals surface area contributed by atoms with E-state index in [-0.39, 0.29) is 29.0 Å². The van der Waals surface area contributed by atoms with Gasteiger partial charge in [-0.2, -0.15) is 0 Å². The highest BCUT2D eigenvalue weighted by Crippen LogP contribution is 2.47. The summed E-state index contributed by atoms with van der Waals surface area (Å²) in [4.78, 5) is 10.6. The Hall–Kier alpha value is -1.03. The van der Waals surface area contributed by atoms with Gasteiger partial charge in [0, 0.05) is 23.1 Å². The van der Waals surface area contributed by atoms with E-state index in [1.165, 1.54) is 5.56 Å². The van der Waals surface area contributed by atoms with Crippen LogP contribution in [-0.2, 0) is 4.79 Å². The molecule has 29 heavy (non-hydrogen) atoms. The number of aliphatic carboxylic acids is 1. The third kappa shape index (κ3) is 7.62. The molecule has 1 saturated carbocycles. The second-order valence-corrected chi connectivity index (χ2v) is 9.25. The predicted octanol–water partition coefficient (Wildman–Crippen LogP) is 6.82. The van der Waals surface area contributed by atoms with Crippen molar-refractivity contribution in [3.05, 3.63) is 47.5 Å². The fourth-order valence-corrected chi connectivity index (χ4v) is 5.28. The van der Waals surface area contributed by atoms with Gasteiger partial charge in [0.1, 0.15) is 0 Å². The smallest absolute Gasteiger partial charge is 0.303 e. The molecule has 0 saturated heterocycles. The number of benzene rings is 1. The molecule has 0 heterocycles. The van der Waals surface area contributed by atoms with Gasteiger partial charge in [0.05, 0.1) is 6.10 Å². The second kappa shape index (κ2) is 12.6. The average molecular weight is 441 g/mol. The SMILES string of the molecule is CCCCCC(O)c1ccc(C2C(Cl)CC(Cl)C2C/C=C\CCCC(=O)O)cc1. The van der Waals surface area contributed by atoms with Crippen LogP contribution >= 0.6 is 23.2 Å². The largest absolute Gasteiger partial charge is 0.481 e. The molecule has 2 rings (SSSR count). The summed E-state index contributed by atoms with van der Waals surface area (Å²) in [6, 6.07) is 8.24. The van der Waals surface area contributed by atoms with Crippen molar-refractivity contribution in [1.82, 2.24) is 0 Å². The van der Waals surface area contributed by atoms with Gasteiger partial charge in [-0.1, -0.05) is 62.6 Å². The zero-order chi connectivity index (χ0) is 21.2. The summed E-state index contributed by atoms with van der Waals surface area (Å²) in [6.07, 6.45) is 11.2. The molecule has 0 spiro atoms. The maximum absolute atomic E-state index is 10.6. The lowest BCUT2D eigenvalue weighted by atomic mass is 9.85. The highest BCUT2D eigenvalue weighted by atomic mass is 35.5. The molecule has 5 atom stereocenters. The summed E-state index contributed by atoms with van der Waals surface area (Å²) < 4.78 is 0. The minimum atomic E-state index is -0.751. The van der Waals surface area contributed by atoms with E-state index in [2.05, 4.69) is 31.2 Å². The summed E-state index contributed by atoms with van der Waals surface area (Å²) in [5, 5.41) is 19.1. The Balaban J connectivity index is 1.96. The number of alkyl halides is 2. The van der Waals surface area contributed by atoms with Crippen LogP contribution in [0.1, 0.15) is 87.9 Å². The first-order valence-corrected chi connectivity index (χ1v) is 11.7. The van der Waals surface area contributed by atoms with Crippen molar-refractivity contribution in [1.29, 1.82) is 0 Å². The van der Waals surface area contributed by atoms with Gasteiger partial charge in [-0.05, 0) is 49.1 Å². The van der Waals surface area contributed by atoms with E-state index in [1.54, 1.807) is 0 Å². The minimum absolute atomic E-state index is 0.00300. The lowest BCUT2D eigenvalue weighted by Crippen LogP contribution is -2.16. The molecule has 5 unspecified atom stereocenters. The van der Waals surface area contributed by atoms with Crippen molar-refractivity contribution in [2.24, 2.45) is 5.92 Å². The Kier molecular flexibility index (Phi) is 10.5. The van der Waals surface area contributed by atoms with Crippen LogP contribution in [0.15, 0.2) is 36.4 Å². The van der Waals surface area contributed by atoms with E-state index in [9.17, 15) is 9.90 Å². The normalized spacial score (nSPS) is 25.5. The fourth-order valence-electron chi connectivity index (χ4n) is 4.22. The van der Waals surface area contributed by atoms with Crippen LogP contribution in [-0.4, -0.2) is 26.9 Å². The van der Waals surface area contributed by atoms with Crippen molar-refractivity contribution in [2.45, 2.75) is 87.5 Å². The van der Waals surface area contributed by atoms with E-state index in [1.807, 2.05) is 12.1 Å². The molecule has 5 heteroatoms. The number of allylic oxidation sites excluding steroid dienone is 2. The maximum atomic E-state index is 10.6. The Morgan fingerprint density at radius 1 is 1.14 bits per heavy atom. The Morgan fingerprint density at radius 3 is 2.52 bits per heavy atom. The van der Waals surface area contributed by atoms with Crippen LogP contribution in [0.5, 0.6) is 0 Å². The first-order valence-electron chi connectivity index (χ1n) is 10.9. The van der Waals surface area contributed by atoms with Gasteiger partial charge < -0.3 is 10.2 Å². The maximum Gasteiger partial charge on any atom is 0.303 e. The highest BCUT2D eigenvalue weighted by Gasteiger charge is 2.41. The number of halogens is 2. The molecule has 1 aromatic carbocycles. The monoisotopic (exact) mass is 440 g/mol. The van der Waals surface area contributed by atoms with E-state index in [0.29, 0.717) is 6.42 Å². The highest BCUT2D eigenvalue weighted by molar-refractivity contribution is 6.25. The van der Waals surface area contributed by atoms with Gasteiger partial charge in [-0.15, -0.1) is 23.2 Å². The number of carboxylic acids is 1. The zero-order valence-electron chi connectivity index (χ0n) is 17.3. The lowest BCUT2D eigenvalue weighted by molar-refractivity contribution is -0.137. The number of aliphatic hydroxyl groups is 1. The van der Waals surface area contributed by atoms with Gasteiger partial charge in [-0.3, -0.25) is 4.79 Å². The van der Waals surface area contributed by atoms with Gasteiger partial charge in [-0.25, -0.2) is 0 Å². The van der Waals surface area contributed by atoms with E-state index in [0.717, 1.165) is 50.5 Å². The van der Waals surface area contributed by atoms with Gasteiger partial charge in [0.2, 0.25) is 0 Å². The minimum Gasteiger partial charge on any atom is -0.481 e. The van der Waals surface area contributed by atoms with Crippen molar-refractivity contribution in [3.63, 3.8) is 0 Å². The Bertz CT molecular complexity index is 644. The van der Waals surface area contributed by atoms with Gasteiger partial charge >= 0.3 is 5.97 Å². The number of hydrogen-bond donors (Lipinski definition) is 2. The number of aliphatic hydroxyl groups excluding tert-OH is 1. The predicted molar refractivity (Wildman–Crippen MR) is 121 cm³/mol. The van der Waals surface area contributed by atoms with Crippen LogP contribution < -0.4 is 0 Å². The van der Waals surface area contributed by atoms with Gasteiger partial charge in [0.15, 0.2) is 0 Å². The number of unbranched alkanes of at least 4 members (excludes halogenated alkanes) is 3. The van der Waals surface area contributed by atoms with Crippen LogP contribution in [0.3, 0.4) is 0 Å². The molecule has 0 aromatic heterocycles. The van der Waals surface area contributed by atoms with Gasteiger partial charge in [0.25, 0.3) is 0 Å². The van der Waals surface area contributed by atoms with Crippen molar-refractivity contribution < 1.29 is 15.0 Å². The number of carbonyl (C=O) groups is 1. The molecule has 0 bridgehead atoms. The third-order valence-corrected chi connectivity index (χ3v) is 6.84. The summed E-state index contributed by atoms with van der Waals surface area (Å²) in [7, 11) is 0. The molecule has 0 amide bonds. The lowest BCUT2D eigenvalue weighted by Gasteiger charge is -2.23. The molecule has 2 N–H and O–H groups in total. The van der Waals surface area contributed by atoms with E-state index < -0.39 is 12.1 Å². The molecule has 162 valence electrons. The summed E-state index contributed by atoms with van der Waals surface area (Å²) in [5.74, 6) is -0.302. The molecular weight excluding hydrogens is 407 g/mol. The summed E-state index contributed by atoms with van der Waals surface area (Å²) in [6.45, 7) is 2.16. The second-order valence-electron chi connectivity index (χ2n) is 8.13. The number of carboxylic acid groups (broad SMARTS) is 1. The molecule has 1 aliphatic rings. The standard InChI is InChI=1S/C24H34Cl2O3/c1-2-3-6-10-22(27)17-12-14-18(15-13-17)24-19(20(25)16-21(24)26)9-7-4-5-8-11-23(28)29/h4,7,12-15,19-22,24,27H,2-3,5-6,8-11,16H2,1H3,(H,28,29)/b7-4-. The summed E-state index contributed by atoms with van der Waals surface area (Å²) >= 11 is 13.3. The van der Waals surface area contributed by atoms with Crippen molar-refractivity contribution in [2.75, 3.05) is 0 Å². The fraction of sp³-hybridized carbons (Fsp3) is 0.625. The Labute approximate surface area is 185 Å². The summed E-state index contributed by atoms with van der Waals surface area (Å²) in [5.41, 5.74) is 2.15. The molecule has 1 aliphatic carbocycles. The molecule has 3 nitrogen and oxygen atoms in total. The van der Waals surface area contributed by atoms with E-state index >= 15 is 0 Å². The quantitative estimate of drug-likeness (QED) is 0.213. The first kappa shape index (κ1) is 24.2. The van der Waals surface area contributed by atoms with Crippen LogP contribution in [0, 0.1) is 5.92 Å². The molecular formula is C24H34Cl2O3. The first-order chi connectivity index (χ1) is 13.9.